The molecule has 0 unspecified atom stereocenters. The molecule has 0 atom stereocenters. The Hall–Kier alpha value is -2.69. The van der Waals surface area contributed by atoms with Crippen LogP contribution in [-0.2, 0) is 0 Å². The smallest absolute Gasteiger partial charge is 0.231 e. The van der Waals surface area contributed by atoms with Crippen molar-refractivity contribution in [3.8, 4) is 5.75 Å². The lowest BCUT2D eigenvalue weighted by Crippen LogP contribution is -2.03. The van der Waals surface area contributed by atoms with Gasteiger partial charge in [0.25, 0.3) is 0 Å². The number of hydrogen-bond donors (Lipinski definition) is 0. The van der Waals surface area contributed by atoms with Crippen LogP contribution in [0.1, 0.15) is 16.1 Å². The lowest BCUT2D eigenvalue weighted by molar-refractivity contribution is 0.101. The molecule has 3 nitrogen and oxygen atoms in total. The zero-order valence-corrected chi connectivity index (χ0v) is 11.0. The minimum Gasteiger partial charge on any atom is -0.497 e. The van der Waals surface area contributed by atoms with Gasteiger partial charge >= 0.3 is 0 Å². The molecule has 0 radical (unpaired) electrons. The monoisotopic (exact) mass is 288 g/mol. The van der Waals surface area contributed by atoms with E-state index in [1.54, 1.807) is 6.07 Å². The molecular weight excluding hydrogens is 278 g/mol. The number of halogens is 2. The van der Waals surface area contributed by atoms with E-state index < -0.39 is 17.4 Å². The number of hydrogen-bond acceptors (Lipinski definition) is 3. The van der Waals surface area contributed by atoms with E-state index in [0.29, 0.717) is 11.1 Å². The number of rotatable bonds is 3. The van der Waals surface area contributed by atoms with E-state index >= 15 is 0 Å². The van der Waals surface area contributed by atoms with Gasteiger partial charge in [0.1, 0.15) is 11.6 Å². The van der Waals surface area contributed by atoms with E-state index in [0.717, 1.165) is 6.07 Å². The second kappa shape index (κ2) is 5.01. The number of benzene rings is 2. The molecule has 21 heavy (non-hydrogen) atoms. The zero-order valence-electron chi connectivity index (χ0n) is 11.0. The molecule has 0 saturated carbocycles. The number of carbonyl (C=O) groups excluding carboxylic acids is 1. The SMILES string of the molecule is COc1ccc(C(=O)c2cc3cccc(F)c3o2)c(F)c1. The highest BCUT2D eigenvalue weighted by atomic mass is 19.1. The molecule has 106 valence electrons. The molecule has 1 heterocycles. The molecule has 0 aliphatic heterocycles. The van der Waals surface area contributed by atoms with Gasteiger partial charge in [0.05, 0.1) is 12.7 Å². The first-order chi connectivity index (χ1) is 10.1. The fourth-order valence-electron chi connectivity index (χ4n) is 2.08. The summed E-state index contributed by atoms with van der Waals surface area (Å²) in [6, 6.07) is 9.63. The molecule has 0 bridgehead atoms. The highest BCUT2D eigenvalue weighted by molar-refractivity contribution is 6.09. The summed E-state index contributed by atoms with van der Waals surface area (Å²) in [5.74, 6) is -1.74. The van der Waals surface area contributed by atoms with Crippen molar-refractivity contribution in [2.24, 2.45) is 0 Å². The molecule has 0 aliphatic carbocycles. The minimum atomic E-state index is -0.722. The Morgan fingerprint density at radius 3 is 2.57 bits per heavy atom. The molecule has 0 N–H and O–H groups in total. The molecule has 3 aromatic rings. The first-order valence-corrected chi connectivity index (χ1v) is 6.16. The minimum absolute atomic E-state index is 0.0187. The summed E-state index contributed by atoms with van der Waals surface area (Å²) in [5, 5.41) is 0.451. The number of carbonyl (C=O) groups is 1. The lowest BCUT2D eigenvalue weighted by Gasteiger charge is -2.03. The van der Waals surface area contributed by atoms with Crippen molar-refractivity contribution in [1.82, 2.24) is 0 Å². The number of furan rings is 1. The van der Waals surface area contributed by atoms with Gasteiger partial charge in [-0.1, -0.05) is 12.1 Å². The van der Waals surface area contributed by atoms with Gasteiger partial charge in [-0.2, -0.15) is 0 Å². The van der Waals surface area contributed by atoms with Crippen LogP contribution in [0.2, 0.25) is 0 Å². The standard InChI is InChI=1S/C16H10F2O3/c1-20-10-5-6-11(13(18)8-10)15(19)14-7-9-3-2-4-12(17)16(9)21-14/h2-8H,1H3. The summed E-state index contributed by atoms with van der Waals surface area (Å²) in [5.41, 5.74) is -0.176. The Balaban J connectivity index is 2.06. The van der Waals surface area contributed by atoms with Crippen molar-refractivity contribution in [1.29, 1.82) is 0 Å². The Labute approximate surface area is 118 Å². The van der Waals surface area contributed by atoms with E-state index in [4.69, 9.17) is 9.15 Å². The highest BCUT2D eigenvalue weighted by Gasteiger charge is 2.19. The van der Waals surface area contributed by atoms with E-state index in [2.05, 4.69) is 0 Å². The van der Waals surface area contributed by atoms with Crippen LogP contribution in [0.5, 0.6) is 5.75 Å². The second-order valence-corrected chi connectivity index (χ2v) is 4.44. The van der Waals surface area contributed by atoms with Gasteiger partial charge in [0.2, 0.25) is 5.78 Å². The van der Waals surface area contributed by atoms with Gasteiger partial charge in [0, 0.05) is 11.5 Å². The number of ketones is 1. The average molecular weight is 288 g/mol. The number of methoxy groups -OCH3 is 1. The molecule has 0 fully saturated rings. The Kier molecular flexibility index (Phi) is 3.17. The maximum atomic E-state index is 13.9. The summed E-state index contributed by atoms with van der Waals surface area (Å²) in [6.45, 7) is 0. The van der Waals surface area contributed by atoms with Crippen molar-refractivity contribution in [3.05, 3.63) is 65.4 Å². The molecule has 5 heteroatoms. The van der Waals surface area contributed by atoms with Gasteiger partial charge < -0.3 is 9.15 Å². The van der Waals surface area contributed by atoms with E-state index in [1.165, 1.54) is 37.4 Å². The average Bonchev–Trinajstić information content (AvgIpc) is 2.92. The topological polar surface area (TPSA) is 39.4 Å². The fraction of sp³-hybridized carbons (Fsp3) is 0.0625. The largest absolute Gasteiger partial charge is 0.497 e. The second-order valence-electron chi connectivity index (χ2n) is 4.44. The van der Waals surface area contributed by atoms with Gasteiger partial charge in [0.15, 0.2) is 17.2 Å². The van der Waals surface area contributed by atoms with Crippen molar-refractivity contribution >= 4 is 16.8 Å². The predicted octanol–water partition coefficient (Wildman–Crippen LogP) is 3.95. The van der Waals surface area contributed by atoms with Crippen molar-refractivity contribution in [2.45, 2.75) is 0 Å². The maximum absolute atomic E-state index is 13.9. The molecule has 1 aromatic heterocycles. The highest BCUT2D eigenvalue weighted by Crippen LogP contribution is 2.25. The van der Waals surface area contributed by atoms with Crippen LogP contribution < -0.4 is 4.74 Å². The molecule has 3 rings (SSSR count). The third-order valence-corrected chi connectivity index (χ3v) is 3.14. The van der Waals surface area contributed by atoms with E-state index in [-0.39, 0.29) is 16.9 Å². The normalized spacial score (nSPS) is 10.8. The van der Waals surface area contributed by atoms with Crippen molar-refractivity contribution < 1.29 is 22.7 Å². The molecule has 0 aliphatic rings. The van der Waals surface area contributed by atoms with Crippen LogP contribution in [0.15, 0.2) is 46.9 Å². The van der Waals surface area contributed by atoms with Crippen LogP contribution in [0.4, 0.5) is 8.78 Å². The predicted molar refractivity (Wildman–Crippen MR) is 72.6 cm³/mol. The van der Waals surface area contributed by atoms with Gasteiger partial charge in [-0.25, -0.2) is 8.78 Å². The van der Waals surface area contributed by atoms with Crippen LogP contribution in [0.25, 0.3) is 11.0 Å². The molecule has 2 aromatic carbocycles. The first kappa shape index (κ1) is 13.3. The van der Waals surface area contributed by atoms with Gasteiger partial charge in [-0.3, -0.25) is 4.79 Å². The Morgan fingerprint density at radius 1 is 1.10 bits per heavy atom. The third kappa shape index (κ3) is 2.27. The van der Waals surface area contributed by atoms with Crippen molar-refractivity contribution in [2.75, 3.05) is 7.11 Å². The Bertz CT molecular complexity index is 837. The summed E-state index contributed by atoms with van der Waals surface area (Å²) in [7, 11) is 1.40. The van der Waals surface area contributed by atoms with Crippen LogP contribution >= 0.6 is 0 Å². The Morgan fingerprint density at radius 2 is 1.90 bits per heavy atom. The molecule has 0 amide bonds. The molecule has 0 spiro atoms. The van der Waals surface area contributed by atoms with Crippen LogP contribution in [0.3, 0.4) is 0 Å². The van der Waals surface area contributed by atoms with E-state index in [1.807, 2.05) is 0 Å². The van der Waals surface area contributed by atoms with Crippen LogP contribution in [0, 0.1) is 11.6 Å². The summed E-state index contributed by atoms with van der Waals surface area (Å²) >= 11 is 0. The van der Waals surface area contributed by atoms with Crippen LogP contribution in [-0.4, -0.2) is 12.9 Å². The molecular formula is C16H10F2O3. The third-order valence-electron chi connectivity index (χ3n) is 3.14. The summed E-state index contributed by atoms with van der Waals surface area (Å²) in [4.78, 5) is 12.3. The fourth-order valence-corrected chi connectivity index (χ4v) is 2.08. The maximum Gasteiger partial charge on any atom is 0.231 e. The van der Waals surface area contributed by atoms with Gasteiger partial charge in [-0.15, -0.1) is 0 Å². The van der Waals surface area contributed by atoms with Crippen molar-refractivity contribution in [3.63, 3.8) is 0 Å². The first-order valence-electron chi connectivity index (χ1n) is 6.16. The number of para-hydroxylation sites is 1. The zero-order chi connectivity index (χ0) is 15.0. The number of fused-ring (bicyclic) bond motifs is 1. The van der Waals surface area contributed by atoms with Gasteiger partial charge in [-0.05, 0) is 24.3 Å². The summed E-state index contributed by atoms with van der Waals surface area (Å²) in [6.07, 6.45) is 0. The molecule has 0 saturated heterocycles. The quantitative estimate of drug-likeness (QED) is 0.685. The summed E-state index contributed by atoms with van der Waals surface area (Å²) < 4.78 is 37.5. The van der Waals surface area contributed by atoms with E-state index in [9.17, 15) is 13.6 Å². The lowest BCUT2D eigenvalue weighted by atomic mass is 10.1. The number of ether oxygens (including phenoxy) is 1.